The zero-order valence-electron chi connectivity index (χ0n) is 10.1. The Morgan fingerprint density at radius 1 is 1.17 bits per heavy atom. The zero-order chi connectivity index (χ0) is 12.6. The summed E-state index contributed by atoms with van der Waals surface area (Å²) in [4.78, 5) is 4.24. The van der Waals surface area contributed by atoms with Crippen LogP contribution >= 0.6 is 11.8 Å². The number of hydrogen-bond acceptors (Lipinski definition) is 4. The lowest BCUT2D eigenvalue weighted by Crippen LogP contribution is -2.02. The number of benzene rings is 1. The number of nitrogens with zero attached hydrogens (tertiary/aromatic N) is 1. The fourth-order valence-corrected chi connectivity index (χ4v) is 2.19. The van der Waals surface area contributed by atoms with E-state index in [1.54, 1.807) is 18.0 Å². The van der Waals surface area contributed by atoms with Crippen molar-refractivity contribution in [2.24, 2.45) is 5.73 Å². The summed E-state index contributed by atoms with van der Waals surface area (Å²) in [5.74, 6) is 1.75. The highest BCUT2D eigenvalue weighted by Gasteiger charge is 1.97. The van der Waals surface area contributed by atoms with E-state index < -0.39 is 0 Å². The molecule has 0 aliphatic carbocycles. The SMILES string of the molecule is NCc1cccc(OCCSc2ccccn2)c1. The molecule has 0 aliphatic rings. The lowest BCUT2D eigenvalue weighted by molar-refractivity contribution is 0.343. The van der Waals surface area contributed by atoms with E-state index in [0.29, 0.717) is 13.2 Å². The van der Waals surface area contributed by atoms with Crippen molar-refractivity contribution >= 4 is 11.8 Å². The van der Waals surface area contributed by atoms with Crippen LogP contribution in [0.4, 0.5) is 0 Å². The summed E-state index contributed by atoms with van der Waals surface area (Å²) in [5, 5.41) is 1.02. The molecule has 1 heterocycles. The molecule has 0 fully saturated rings. The number of nitrogens with two attached hydrogens (primary N) is 1. The maximum Gasteiger partial charge on any atom is 0.119 e. The first-order valence-electron chi connectivity index (χ1n) is 5.84. The highest BCUT2D eigenvalue weighted by molar-refractivity contribution is 7.99. The maximum atomic E-state index is 5.67. The van der Waals surface area contributed by atoms with Gasteiger partial charge in [-0.05, 0) is 29.8 Å². The minimum absolute atomic E-state index is 0.542. The summed E-state index contributed by atoms with van der Waals surface area (Å²) in [6.45, 7) is 1.20. The average Bonchev–Trinajstić information content (AvgIpc) is 2.45. The van der Waals surface area contributed by atoms with Crippen LogP contribution in [0.3, 0.4) is 0 Å². The maximum absolute atomic E-state index is 5.67. The second-order valence-electron chi connectivity index (χ2n) is 3.72. The van der Waals surface area contributed by atoms with Gasteiger partial charge in [0.2, 0.25) is 0 Å². The Bertz CT molecular complexity index is 476. The number of hydrogen-bond donors (Lipinski definition) is 1. The molecule has 0 unspecified atom stereocenters. The third-order valence-corrected chi connectivity index (χ3v) is 3.28. The molecule has 0 aliphatic heterocycles. The largest absolute Gasteiger partial charge is 0.493 e. The van der Waals surface area contributed by atoms with Crippen LogP contribution in [0.25, 0.3) is 0 Å². The summed E-state index contributed by atoms with van der Waals surface area (Å²) >= 11 is 1.69. The monoisotopic (exact) mass is 260 g/mol. The minimum Gasteiger partial charge on any atom is -0.493 e. The summed E-state index contributed by atoms with van der Waals surface area (Å²) in [6.07, 6.45) is 1.80. The Morgan fingerprint density at radius 2 is 2.11 bits per heavy atom. The van der Waals surface area contributed by atoms with Gasteiger partial charge in [0.1, 0.15) is 5.75 Å². The molecule has 0 saturated heterocycles. The van der Waals surface area contributed by atoms with Crippen molar-refractivity contribution in [1.29, 1.82) is 0 Å². The fraction of sp³-hybridized carbons (Fsp3) is 0.214. The molecular weight excluding hydrogens is 244 g/mol. The molecule has 1 aromatic heterocycles. The van der Waals surface area contributed by atoms with Crippen molar-refractivity contribution in [3.63, 3.8) is 0 Å². The van der Waals surface area contributed by atoms with Crippen LogP contribution in [0.15, 0.2) is 53.7 Å². The Kier molecular flexibility index (Phi) is 5.05. The summed E-state index contributed by atoms with van der Waals surface area (Å²) in [5.41, 5.74) is 6.67. The molecular formula is C14H16N2OS. The van der Waals surface area contributed by atoms with Crippen molar-refractivity contribution in [1.82, 2.24) is 4.98 Å². The topological polar surface area (TPSA) is 48.1 Å². The van der Waals surface area contributed by atoms with Gasteiger partial charge in [-0.1, -0.05) is 18.2 Å². The van der Waals surface area contributed by atoms with Crippen molar-refractivity contribution < 1.29 is 4.74 Å². The van der Waals surface area contributed by atoms with Gasteiger partial charge < -0.3 is 10.5 Å². The second kappa shape index (κ2) is 7.03. The first-order chi connectivity index (χ1) is 8.88. The molecule has 2 N–H and O–H groups in total. The zero-order valence-corrected chi connectivity index (χ0v) is 10.9. The van der Waals surface area contributed by atoms with Crippen LogP contribution in [0.5, 0.6) is 5.75 Å². The molecule has 2 aromatic rings. The molecule has 0 radical (unpaired) electrons. The number of ether oxygens (including phenoxy) is 1. The molecule has 0 atom stereocenters. The number of aromatic nitrogens is 1. The fourth-order valence-electron chi connectivity index (χ4n) is 1.50. The normalized spacial score (nSPS) is 10.3. The van der Waals surface area contributed by atoms with Crippen LogP contribution < -0.4 is 10.5 Å². The molecule has 2 rings (SSSR count). The van der Waals surface area contributed by atoms with Crippen LogP contribution in [-0.2, 0) is 6.54 Å². The van der Waals surface area contributed by atoms with Crippen molar-refractivity contribution in [3.8, 4) is 5.75 Å². The molecule has 94 valence electrons. The van der Waals surface area contributed by atoms with Gasteiger partial charge in [0, 0.05) is 18.5 Å². The Morgan fingerprint density at radius 3 is 2.89 bits per heavy atom. The van der Waals surface area contributed by atoms with E-state index >= 15 is 0 Å². The van der Waals surface area contributed by atoms with Crippen LogP contribution in [0.2, 0.25) is 0 Å². The van der Waals surface area contributed by atoms with Crippen LogP contribution in [-0.4, -0.2) is 17.3 Å². The quantitative estimate of drug-likeness (QED) is 0.641. The molecule has 18 heavy (non-hydrogen) atoms. The molecule has 0 saturated carbocycles. The van der Waals surface area contributed by atoms with E-state index in [9.17, 15) is 0 Å². The van der Waals surface area contributed by atoms with Crippen molar-refractivity contribution in [3.05, 3.63) is 54.2 Å². The summed E-state index contributed by atoms with van der Waals surface area (Å²) in [6, 6.07) is 13.8. The van der Waals surface area contributed by atoms with Gasteiger partial charge in [-0.2, -0.15) is 0 Å². The molecule has 0 bridgehead atoms. The second-order valence-corrected chi connectivity index (χ2v) is 4.83. The number of rotatable bonds is 6. The minimum atomic E-state index is 0.542. The van der Waals surface area contributed by atoms with E-state index in [1.807, 2.05) is 42.5 Å². The van der Waals surface area contributed by atoms with Crippen LogP contribution in [0, 0.1) is 0 Å². The Balaban J connectivity index is 1.75. The third kappa shape index (κ3) is 4.05. The average molecular weight is 260 g/mol. The smallest absolute Gasteiger partial charge is 0.119 e. The van der Waals surface area contributed by atoms with E-state index in [1.165, 1.54) is 0 Å². The number of pyridine rings is 1. The molecule has 0 spiro atoms. The molecule has 4 heteroatoms. The van der Waals surface area contributed by atoms with Gasteiger partial charge in [-0.15, -0.1) is 11.8 Å². The predicted molar refractivity (Wildman–Crippen MR) is 74.8 cm³/mol. The standard InChI is InChI=1S/C14H16N2OS/c15-11-12-4-3-5-13(10-12)17-8-9-18-14-6-1-2-7-16-14/h1-7,10H,8-9,11,15H2. The van der Waals surface area contributed by atoms with Gasteiger partial charge >= 0.3 is 0 Å². The van der Waals surface area contributed by atoms with Crippen molar-refractivity contribution in [2.75, 3.05) is 12.4 Å². The first kappa shape index (κ1) is 12.9. The van der Waals surface area contributed by atoms with E-state index in [0.717, 1.165) is 22.1 Å². The van der Waals surface area contributed by atoms with Gasteiger partial charge in [-0.25, -0.2) is 4.98 Å². The highest BCUT2D eigenvalue weighted by Crippen LogP contribution is 2.16. The Labute approximate surface area is 111 Å². The molecule has 3 nitrogen and oxygen atoms in total. The van der Waals surface area contributed by atoms with E-state index in [2.05, 4.69) is 4.98 Å². The van der Waals surface area contributed by atoms with E-state index in [-0.39, 0.29) is 0 Å². The predicted octanol–water partition coefficient (Wildman–Crippen LogP) is 2.71. The van der Waals surface area contributed by atoms with Gasteiger partial charge in [-0.3, -0.25) is 0 Å². The Hall–Kier alpha value is -1.52. The first-order valence-corrected chi connectivity index (χ1v) is 6.82. The summed E-state index contributed by atoms with van der Waals surface area (Å²) in [7, 11) is 0. The van der Waals surface area contributed by atoms with Crippen LogP contribution in [0.1, 0.15) is 5.56 Å². The lowest BCUT2D eigenvalue weighted by Gasteiger charge is -2.07. The third-order valence-electron chi connectivity index (χ3n) is 2.37. The molecule has 1 aromatic carbocycles. The highest BCUT2D eigenvalue weighted by atomic mass is 32.2. The van der Waals surface area contributed by atoms with E-state index in [4.69, 9.17) is 10.5 Å². The number of thioether (sulfide) groups is 1. The van der Waals surface area contributed by atoms with Gasteiger partial charge in [0.15, 0.2) is 0 Å². The summed E-state index contributed by atoms with van der Waals surface area (Å²) < 4.78 is 5.67. The van der Waals surface area contributed by atoms with Gasteiger partial charge in [0.25, 0.3) is 0 Å². The lowest BCUT2D eigenvalue weighted by atomic mass is 10.2. The molecule has 0 amide bonds. The van der Waals surface area contributed by atoms with Gasteiger partial charge in [0.05, 0.1) is 11.6 Å². The van der Waals surface area contributed by atoms with Crippen molar-refractivity contribution in [2.45, 2.75) is 11.6 Å².